The Morgan fingerprint density at radius 3 is 2.59 bits per heavy atom. The van der Waals surface area contributed by atoms with Gasteiger partial charge in [-0.15, -0.1) is 0 Å². The van der Waals surface area contributed by atoms with Gasteiger partial charge in [0.2, 0.25) is 0 Å². The molecule has 0 unspecified atom stereocenters. The summed E-state index contributed by atoms with van der Waals surface area (Å²) >= 11 is 0. The van der Waals surface area contributed by atoms with E-state index in [-0.39, 0.29) is 17.4 Å². The van der Waals surface area contributed by atoms with Crippen LogP contribution in [0.2, 0.25) is 0 Å². The van der Waals surface area contributed by atoms with Crippen molar-refractivity contribution in [1.29, 1.82) is 5.26 Å². The predicted molar refractivity (Wildman–Crippen MR) is 95.9 cm³/mol. The molecule has 0 spiro atoms. The number of halogens is 3. The number of alkyl halides is 3. The van der Waals surface area contributed by atoms with E-state index in [1.54, 1.807) is 18.2 Å². The summed E-state index contributed by atoms with van der Waals surface area (Å²) in [5.74, 6) is -0.358. The summed E-state index contributed by atoms with van der Waals surface area (Å²) in [6, 6.07) is 8.24. The second-order valence-electron chi connectivity index (χ2n) is 5.98. The maximum atomic E-state index is 13.4. The summed E-state index contributed by atoms with van der Waals surface area (Å²) in [6.45, 7) is 2.42. The SMILES string of the molecule is CCCCCCOc1ncc(C(F)(F)F)c(N(C)c2ccccc2C#N)n1. The predicted octanol–water partition coefficient (Wildman–Crippen LogP) is 5.09. The van der Waals surface area contributed by atoms with Gasteiger partial charge < -0.3 is 9.64 Å². The largest absolute Gasteiger partial charge is 0.463 e. The van der Waals surface area contributed by atoms with Gasteiger partial charge in [-0.3, -0.25) is 0 Å². The van der Waals surface area contributed by atoms with Crippen molar-refractivity contribution >= 4 is 11.5 Å². The van der Waals surface area contributed by atoms with Crippen LogP contribution in [0.25, 0.3) is 0 Å². The molecule has 2 aromatic rings. The number of ether oxygens (including phenoxy) is 1. The van der Waals surface area contributed by atoms with Crippen LogP contribution in [-0.4, -0.2) is 23.6 Å². The van der Waals surface area contributed by atoms with E-state index in [9.17, 15) is 18.4 Å². The van der Waals surface area contributed by atoms with Gasteiger partial charge in [-0.1, -0.05) is 38.3 Å². The molecular weight excluding hydrogens is 357 g/mol. The summed E-state index contributed by atoms with van der Waals surface area (Å²) in [5, 5.41) is 9.23. The van der Waals surface area contributed by atoms with E-state index in [0.29, 0.717) is 12.3 Å². The van der Waals surface area contributed by atoms with Crippen LogP contribution in [-0.2, 0) is 6.18 Å². The molecule has 27 heavy (non-hydrogen) atoms. The molecule has 0 amide bonds. The van der Waals surface area contributed by atoms with Crippen LogP contribution in [0.1, 0.15) is 43.7 Å². The van der Waals surface area contributed by atoms with Gasteiger partial charge in [0.1, 0.15) is 11.6 Å². The first-order valence-electron chi connectivity index (χ1n) is 8.68. The van der Waals surface area contributed by atoms with Gasteiger partial charge in [0.25, 0.3) is 0 Å². The van der Waals surface area contributed by atoms with Gasteiger partial charge in [0.05, 0.1) is 17.9 Å². The van der Waals surface area contributed by atoms with Crippen molar-refractivity contribution in [3.8, 4) is 12.1 Å². The van der Waals surface area contributed by atoms with Gasteiger partial charge in [-0.05, 0) is 18.6 Å². The molecular formula is C19H21F3N4O. The first-order valence-corrected chi connectivity index (χ1v) is 8.68. The zero-order valence-electron chi connectivity index (χ0n) is 15.3. The molecule has 0 aliphatic rings. The second kappa shape index (κ2) is 9.21. The maximum Gasteiger partial charge on any atom is 0.421 e. The fourth-order valence-electron chi connectivity index (χ4n) is 2.55. The third-order valence-corrected chi connectivity index (χ3v) is 3.98. The zero-order valence-corrected chi connectivity index (χ0v) is 15.3. The van der Waals surface area contributed by atoms with Crippen LogP contribution in [0.5, 0.6) is 6.01 Å². The smallest absolute Gasteiger partial charge is 0.421 e. The molecule has 2 rings (SSSR count). The van der Waals surface area contributed by atoms with Crippen LogP contribution in [0, 0.1) is 11.3 Å². The van der Waals surface area contributed by atoms with Crippen LogP contribution in [0.15, 0.2) is 30.5 Å². The molecule has 0 saturated heterocycles. The van der Waals surface area contributed by atoms with E-state index in [0.717, 1.165) is 31.9 Å². The molecule has 0 aliphatic carbocycles. The Hall–Kier alpha value is -2.82. The molecule has 1 aromatic heterocycles. The highest BCUT2D eigenvalue weighted by atomic mass is 19.4. The third-order valence-electron chi connectivity index (χ3n) is 3.98. The van der Waals surface area contributed by atoms with Crippen molar-refractivity contribution in [2.45, 2.75) is 38.8 Å². The Kier molecular flexibility index (Phi) is 6.99. The molecule has 0 fully saturated rings. The van der Waals surface area contributed by atoms with Gasteiger partial charge in [-0.25, -0.2) is 4.98 Å². The van der Waals surface area contributed by atoms with Crippen LogP contribution >= 0.6 is 0 Å². The molecule has 0 N–H and O–H groups in total. The first kappa shape index (κ1) is 20.5. The Morgan fingerprint density at radius 2 is 1.93 bits per heavy atom. The van der Waals surface area contributed by atoms with Crippen LogP contribution in [0.3, 0.4) is 0 Å². The molecule has 1 heterocycles. The number of hydrogen-bond donors (Lipinski definition) is 0. The lowest BCUT2D eigenvalue weighted by Crippen LogP contribution is -2.20. The number of anilines is 2. The Labute approximate surface area is 156 Å². The lowest BCUT2D eigenvalue weighted by Gasteiger charge is -2.23. The molecule has 0 atom stereocenters. The normalized spacial score (nSPS) is 11.1. The fourth-order valence-corrected chi connectivity index (χ4v) is 2.55. The lowest BCUT2D eigenvalue weighted by molar-refractivity contribution is -0.137. The van der Waals surface area contributed by atoms with Crippen LogP contribution < -0.4 is 9.64 Å². The second-order valence-corrected chi connectivity index (χ2v) is 5.98. The lowest BCUT2D eigenvalue weighted by atomic mass is 10.1. The minimum Gasteiger partial charge on any atom is -0.463 e. The van der Waals surface area contributed by atoms with E-state index in [1.165, 1.54) is 18.0 Å². The topological polar surface area (TPSA) is 62.0 Å². The van der Waals surface area contributed by atoms with Crippen molar-refractivity contribution in [2.24, 2.45) is 0 Å². The molecule has 0 saturated carbocycles. The number of hydrogen-bond acceptors (Lipinski definition) is 5. The van der Waals surface area contributed by atoms with Gasteiger partial charge in [0.15, 0.2) is 5.82 Å². The molecule has 0 aliphatic heterocycles. The molecule has 5 nitrogen and oxygen atoms in total. The van der Waals surface area contributed by atoms with E-state index in [1.807, 2.05) is 6.07 Å². The minimum absolute atomic E-state index is 0.115. The van der Waals surface area contributed by atoms with Gasteiger partial charge >= 0.3 is 12.2 Å². The van der Waals surface area contributed by atoms with Gasteiger partial charge in [-0.2, -0.15) is 23.4 Å². The number of benzene rings is 1. The Morgan fingerprint density at radius 1 is 1.19 bits per heavy atom. The molecule has 144 valence electrons. The number of para-hydroxylation sites is 1. The highest BCUT2D eigenvalue weighted by Crippen LogP contribution is 2.38. The number of nitriles is 1. The molecule has 0 radical (unpaired) electrons. The van der Waals surface area contributed by atoms with Crippen molar-refractivity contribution in [3.05, 3.63) is 41.6 Å². The minimum atomic E-state index is -4.63. The highest BCUT2D eigenvalue weighted by molar-refractivity contribution is 5.68. The third kappa shape index (κ3) is 5.33. The Bertz CT molecular complexity index is 802. The van der Waals surface area contributed by atoms with Gasteiger partial charge in [0, 0.05) is 13.2 Å². The average Bonchev–Trinajstić information content (AvgIpc) is 2.66. The summed E-state index contributed by atoms with van der Waals surface area (Å²) in [5.41, 5.74) is -0.428. The quantitative estimate of drug-likeness (QED) is 0.599. The molecule has 8 heteroatoms. The van der Waals surface area contributed by atoms with E-state index in [2.05, 4.69) is 16.9 Å². The molecule has 1 aromatic carbocycles. The number of aromatic nitrogens is 2. The van der Waals surface area contributed by atoms with E-state index < -0.39 is 11.7 Å². The van der Waals surface area contributed by atoms with E-state index >= 15 is 0 Å². The van der Waals surface area contributed by atoms with E-state index in [4.69, 9.17) is 4.74 Å². The summed E-state index contributed by atoms with van der Waals surface area (Å²) in [7, 11) is 1.43. The Balaban J connectivity index is 2.33. The summed E-state index contributed by atoms with van der Waals surface area (Å²) in [4.78, 5) is 8.90. The standard InChI is InChI=1S/C19H21F3N4O/c1-3-4-5-8-11-27-18-24-13-15(19(20,21)22)17(25-18)26(2)16-10-7-6-9-14(16)12-23/h6-7,9-10,13H,3-5,8,11H2,1-2H3. The van der Waals surface area contributed by atoms with Crippen molar-refractivity contribution in [2.75, 3.05) is 18.6 Å². The fraction of sp³-hybridized carbons (Fsp3) is 0.421. The number of unbranched alkanes of at least 4 members (excludes halogenated alkanes) is 3. The molecule has 0 bridgehead atoms. The number of rotatable bonds is 8. The zero-order chi connectivity index (χ0) is 19.9. The number of nitrogens with zero attached hydrogens (tertiary/aromatic N) is 4. The summed E-state index contributed by atoms with van der Waals surface area (Å²) < 4.78 is 45.7. The van der Waals surface area contributed by atoms with Crippen molar-refractivity contribution < 1.29 is 17.9 Å². The first-order chi connectivity index (χ1) is 12.9. The summed E-state index contributed by atoms with van der Waals surface area (Å²) in [6.07, 6.45) is -0.0275. The monoisotopic (exact) mass is 378 g/mol. The highest BCUT2D eigenvalue weighted by Gasteiger charge is 2.37. The average molecular weight is 378 g/mol. The maximum absolute atomic E-state index is 13.4. The van der Waals surface area contributed by atoms with Crippen molar-refractivity contribution in [1.82, 2.24) is 9.97 Å². The van der Waals surface area contributed by atoms with Crippen LogP contribution in [0.4, 0.5) is 24.7 Å². The van der Waals surface area contributed by atoms with Crippen molar-refractivity contribution in [3.63, 3.8) is 0 Å².